The van der Waals surface area contributed by atoms with E-state index < -0.39 is 20.0 Å². The molecule has 3 rings (SSSR count). The zero-order valence-corrected chi connectivity index (χ0v) is 22.4. The van der Waals surface area contributed by atoms with Gasteiger partial charge in [-0.3, -0.25) is 5.43 Å². The first-order valence-electron chi connectivity index (χ1n) is 12.1. The number of carbonyl (C=O) groups excluding carboxylic acids is 1. The molecule has 186 valence electrons. The first-order valence-corrected chi connectivity index (χ1v) is 14.0. The van der Waals surface area contributed by atoms with E-state index in [1.165, 1.54) is 10.4 Å². The Morgan fingerprint density at radius 3 is 1.94 bits per heavy atom. The molecule has 0 radical (unpaired) electrons. The predicted molar refractivity (Wildman–Crippen MR) is 139 cm³/mol. The van der Waals surface area contributed by atoms with Gasteiger partial charge in [-0.15, -0.1) is 0 Å². The van der Waals surface area contributed by atoms with E-state index in [-0.39, 0.29) is 17.2 Å². The molecule has 2 aromatic carbocycles. The first kappa shape index (κ1) is 26.4. The maximum atomic E-state index is 11.9. The summed E-state index contributed by atoms with van der Waals surface area (Å²) in [7, 11) is -2.57. The van der Waals surface area contributed by atoms with E-state index in [9.17, 15) is 4.79 Å². The zero-order chi connectivity index (χ0) is 24.8. The Morgan fingerprint density at radius 1 is 0.941 bits per heavy atom. The molecule has 1 aliphatic heterocycles. The molecule has 0 saturated carbocycles. The van der Waals surface area contributed by atoms with Crippen LogP contribution >= 0.6 is 0 Å². The van der Waals surface area contributed by atoms with Gasteiger partial charge in [0.15, 0.2) is 0 Å². The Morgan fingerprint density at radius 2 is 1.50 bits per heavy atom. The highest BCUT2D eigenvalue weighted by Crippen LogP contribution is 2.37. The summed E-state index contributed by atoms with van der Waals surface area (Å²) < 4.78 is 18.4. The molecular formula is C27H40N2O4Si. The Balaban J connectivity index is 1.66. The third-order valence-corrected chi connectivity index (χ3v) is 11.1. The van der Waals surface area contributed by atoms with Crippen molar-refractivity contribution in [2.24, 2.45) is 0 Å². The van der Waals surface area contributed by atoms with Crippen LogP contribution in [0.2, 0.25) is 5.04 Å². The van der Waals surface area contributed by atoms with E-state index in [2.05, 4.69) is 92.3 Å². The van der Waals surface area contributed by atoms with Crippen LogP contribution in [0.15, 0.2) is 60.7 Å². The normalized spacial score (nSPS) is 19.5. The van der Waals surface area contributed by atoms with Crippen LogP contribution < -0.4 is 21.2 Å². The average molecular weight is 485 g/mol. The number of benzene rings is 2. The molecule has 1 saturated heterocycles. The van der Waals surface area contributed by atoms with Crippen molar-refractivity contribution in [3.8, 4) is 0 Å². The molecule has 2 unspecified atom stereocenters. The van der Waals surface area contributed by atoms with Crippen LogP contribution in [0.1, 0.15) is 54.4 Å². The number of ether oxygens (including phenoxy) is 2. The lowest BCUT2D eigenvalue weighted by Crippen LogP contribution is -2.67. The van der Waals surface area contributed by atoms with Crippen LogP contribution in [0, 0.1) is 0 Å². The minimum atomic E-state index is -2.57. The molecule has 0 aliphatic carbocycles. The lowest BCUT2D eigenvalue weighted by molar-refractivity contribution is -0.0311. The molecule has 1 amide bonds. The molecule has 2 aromatic rings. The van der Waals surface area contributed by atoms with Crippen molar-refractivity contribution in [3.05, 3.63) is 60.7 Å². The van der Waals surface area contributed by atoms with Crippen molar-refractivity contribution in [1.82, 2.24) is 10.9 Å². The number of hydrogen-bond donors (Lipinski definition) is 2. The van der Waals surface area contributed by atoms with E-state index in [0.717, 1.165) is 12.8 Å². The molecule has 0 aromatic heterocycles. The largest absolute Gasteiger partial charge is 0.443 e. The molecule has 0 spiro atoms. The minimum Gasteiger partial charge on any atom is -0.443 e. The van der Waals surface area contributed by atoms with Gasteiger partial charge in [0, 0.05) is 6.04 Å². The predicted octanol–water partition coefficient (Wildman–Crippen LogP) is 4.14. The van der Waals surface area contributed by atoms with Gasteiger partial charge in [-0.1, -0.05) is 81.4 Å². The maximum absolute atomic E-state index is 11.9. The SMILES string of the molecule is CC(C)(C)OC(=O)NNC1CCC(CO[Si](c2ccccc2)(c2ccccc2)C(C)(C)C)OC1. The van der Waals surface area contributed by atoms with E-state index in [1.54, 1.807) is 0 Å². The van der Waals surface area contributed by atoms with Gasteiger partial charge in [-0.05, 0) is 49.0 Å². The van der Waals surface area contributed by atoms with Crippen molar-refractivity contribution >= 4 is 24.8 Å². The lowest BCUT2D eigenvalue weighted by atomic mass is 10.1. The third kappa shape index (κ3) is 6.69. The number of amides is 1. The molecule has 34 heavy (non-hydrogen) atoms. The van der Waals surface area contributed by atoms with Crippen LogP contribution in [0.3, 0.4) is 0 Å². The number of hydrogen-bond acceptors (Lipinski definition) is 5. The highest BCUT2D eigenvalue weighted by atomic mass is 28.4. The van der Waals surface area contributed by atoms with Crippen molar-refractivity contribution in [3.63, 3.8) is 0 Å². The van der Waals surface area contributed by atoms with Gasteiger partial charge in [0.25, 0.3) is 8.32 Å². The fraction of sp³-hybridized carbons (Fsp3) is 0.519. The van der Waals surface area contributed by atoms with Crippen LogP contribution in [-0.4, -0.2) is 45.4 Å². The molecular weight excluding hydrogens is 444 g/mol. The molecule has 6 nitrogen and oxygen atoms in total. The van der Waals surface area contributed by atoms with Crippen LogP contribution in [-0.2, 0) is 13.9 Å². The molecule has 0 bridgehead atoms. The van der Waals surface area contributed by atoms with Crippen molar-refractivity contribution in [2.45, 2.75) is 77.2 Å². The Hall–Kier alpha value is -2.19. The average Bonchev–Trinajstić information content (AvgIpc) is 2.78. The fourth-order valence-corrected chi connectivity index (χ4v) is 9.09. The van der Waals surface area contributed by atoms with E-state index in [1.807, 2.05) is 20.8 Å². The van der Waals surface area contributed by atoms with Crippen LogP contribution in [0.5, 0.6) is 0 Å². The van der Waals surface area contributed by atoms with Crippen LogP contribution in [0.4, 0.5) is 4.79 Å². The van der Waals surface area contributed by atoms with Crippen molar-refractivity contribution < 1.29 is 18.7 Å². The second-order valence-corrected chi connectivity index (χ2v) is 15.3. The number of hydrazine groups is 1. The fourth-order valence-electron chi connectivity index (χ4n) is 4.50. The molecule has 1 fully saturated rings. The molecule has 1 heterocycles. The van der Waals surface area contributed by atoms with Crippen molar-refractivity contribution in [2.75, 3.05) is 13.2 Å². The van der Waals surface area contributed by atoms with Crippen LogP contribution in [0.25, 0.3) is 0 Å². The summed E-state index contributed by atoms with van der Waals surface area (Å²) in [6.45, 7) is 13.4. The number of nitrogens with one attached hydrogen (secondary N) is 2. The van der Waals surface area contributed by atoms with Gasteiger partial charge in [-0.25, -0.2) is 10.2 Å². The summed E-state index contributed by atoms with van der Waals surface area (Å²) in [5.74, 6) is 0. The minimum absolute atomic E-state index is 0.0150. The van der Waals surface area contributed by atoms with E-state index >= 15 is 0 Å². The van der Waals surface area contributed by atoms with Gasteiger partial charge in [-0.2, -0.15) is 0 Å². The second-order valence-electron chi connectivity index (χ2n) is 11.0. The summed E-state index contributed by atoms with van der Waals surface area (Å²) in [6, 6.07) is 21.3. The Kier molecular flexibility index (Phi) is 8.57. The van der Waals surface area contributed by atoms with E-state index in [4.69, 9.17) is 13.9 Å². The molecule has 1 aliphatic rings. The van der Waals surface area contributed by atoms with Crippen molar-refractivity contribution in [1.29, 1.82) is 0 Å². The third-order valence-electron chi connectivity index (χ3n) is 6.05. The molecule has 2 atom stereocenters. The quantitative estimate of drug-likeness (QED) is 0.457. The number of rotatable bonds is 7. The second kappa shape index (κ2) is 11.0. The summed E-state index contributed by atoms with van der Waals surface area (Å²) in [5, 5.41) is 2.47. The summed E-state index contributed by atoms with van der Waals surface area (Å²) in [6.07, 6.45) is 1.27. The summed E-state index contributed by atoms with van der Waals surface area (Å²) in [5.41, 5.74) is 5.13. The van der Waals surface area contributed by atoms with E-state index in [0.29, 0.717) is 13.2 Å². The molecule has 7 heteroatoms. The first-order chi connectivity index (χ1) is 16.0. The standard InChI is InChI=1S/C27H40N2O4Si/c1-26(2,3)33-25(30)29-28-21-17-18-22(31-19-21)20-32-34(27(4,5)6,23-13-9-7-10-14-23)24-15-11-8-12-16-24/h7-16,21-22,28H,17-20H2,1-6H3,(H,29,30). The summed E-state index contributed by atoms with van der Waals surface area (Å²) >= 11 is 0. The Labute approximate surface area is 205 Å². The monoisotopic (exact) mass is 484 g/mol. The lowest BCUT2D eigenvalue weighted by Gasteiger charge is -2.44. The highest BCUT2D eigenvalue weighted by molar-refractivity contribution is 6.99. The smallest absolute Gasteiger partial charge is 0.422 e. The summed E-state index contributed by atoms with van der Waals surface area (Å²) in [4.78, 5) is 11.9. The Bertz CT molecular complexity index is 862. The highest BCUT2D eigenvalue weighted by Gasteiger charge is 2.50. The topological polar surface area (TPSA) is 68.8 Å². The van der Waals surface area contributed by atoms with Gasteiger partial charge >= 0.3 is 6.09 Å². The van der Waals surface area contributed by atoms with Gasteiger partial charge in [0.05, 0.1) is 19.3 Å². The zero-order valence-electron chi connectivity index (χ0n) is 21.4. The number of carbonyl (C=O) groups is 1. The van der Waals surface area contributed by atoms with Gasteiger partial charge in [0.1, 0.15) is 5.60 Å². The molecule has 2 N–H and O–H groups in total. The van der Waals surface area contributed by atoms with Gasteiger partial charge in [0.2, 0.25) is 0 Å². The maximum Gasteiger partial charge on any atom is 0.422 e. The van der Waals surface area contributed by atoms with Gasteiger partial charge < -0.3 is 13.9 Å².